The normalized spacial score (nSPS) is 16.5. The van der Waals surface area contributed by atoms with E-state index in [4.69, 9.17) is 119 Å². The summed E-state index contributed by atoms with van der Waals surface area (Å²) < 4.78 is 91.5. The van der Waals surface area contributed by atoms with Crippen molar-refractivity contribution in [1.82, 2.24) is 46.1 Å². The maximum absolute atomic E-state index is 13.0. The number of nitrogens with one attached hydrogen (secondary N) is 4. The van der Waals surface area contributed by atoms with E-state index < -0.39 is 63.4 Å². The molecule has 0 spiro atoms. The van der Waals surface area contributed by atoms with Crippen molar-refractivity contribution in [3.63, 3.8) is 0 Å². The molecule has 732 valence electrons. The summed E-state index contributed by atoms with van der Waals surface area (Å²) in [6.07, 6.45) is 0.0511. The number of carbonyl (C=O) groups is 8. The summed E-state index contributed by atoms with van der Waals surface area (Å²) in [5, 5.41) is 17.1. The third kappa shape index (κ3) is 35.2. The van der Waals surface area contributed by atoms with Gasteiger partial charge in [0.15, 0.2) is 15.3 Å². The van der Waals surface area contributed by atoms with E-state index in [1.807, 2.05) is 31.3 Å². The molecular weight excluding hydrogens is 1870 g/mol. The lowest BCUT2D eigenvalue weighted by molar-refractivity contribution is -0.217. The number of alkyl halides is 1. The summed E-state index contributed by atoms with van der Waals surface area (Å²) in [5.74, 6) is -5.59. The number of hydrogen-bond donors (Lipinski definition) is 5. The number of rotatable bonds is 50. The van der Waals surface area contributed by atoms with E-state index in [1.54, 1.807) is 38.1 Å². The molecule has 6 aromatic carbocycles. The van der Waals surface area contributed by atoms with Crippen LogP contribution in [0.3, 0.4) is 0 Å². The lowest BCUT2D eigenvalue weighted by atomic mass is 9.84. The first-order valence-electron chi connectivity index (χ1n) is 44.8. The molecule has 3 atom stereocenters. The molecular formula is C94H125Cl6FN10O21S. The van der Waals surface area contributed by atoms with Crippen LogP contribution in [0.5, 0.6) is 0 Å². The molecule has 0 bridgehead atoms. The molecule has 5 aliphatic heterocycles. The van der Waals surface area contributed by atoms with E-state index in [2.05, 4.69) is 120 Å². The van der Waals surface area contributed by atoms with Crippen LogP contribution in [-0.4, -0.2) is 286 Å². The Hall–Kier alpha value is -7.50. The minimum atomic E-state index is -3.44. The number of amides is 6. The molecule has 3 unspecified atom stereocenters. The predicted molar refractivity (Wildman–Crippen MR) is 505 cm³/mol. The smallest absolute Gasteiger partial charge is 0.349 e. The molecule has 133 heavy (non-hydrogen) atoms. The second-order valence-corrected chi connectivity index (χ2v) is 37.8. The molecule has 31 nitrogen and oxygen atoms in total. The topological polar surface area (TPSA) is 363 Å². The first-order valence-corrected chi connectivity index (χ1v) is 48.0. The monoisotopic (exact) mass is 1990 g/mol. The largest absolute Gasteiger partial charge is 0.379 e. The van der Waals surface area contributed by atoms with Crippen LogP contribution < -0.4 is 27.0 Å². The Kier molecular flexibility index (Phi) is 46.8. The third-order valence-electron chi connectivity index (χ3n) is 22.1. The maximum Gasteiger partial charge on any atom is 0.349 e. The summed E-state index contributed by atoms with van der Waals surface area (Å²) in [4.78, 5) is 112. The van der Waals surface area contributed by atoms with Crippen LogP contribution in [0.4, 0.5) is 4.39 Å². The number of hydrogen-bond acceptors (Lipinski definition) is 27. The van der Waals surface area contributed by atoms with Crippen LogP contribution in [-0.2, 0) is 133 Å². The van der Waals surface area contributed by atoms with Crippen LogP contribution in [0.2, 0.25) is 30.1 Å². The van der Waals surface area contributed by atoms with E-state index in [0.29, 0.717) is 180 Å². The molecule has 6 N–H and O–H groups in total. The van der Waals surface area contributed by atoms with Crippen LogP contribution >= 0.6 is 69.6 Å². The molecule has 5 aliphatic rings. The van der Waals surface area contributed by atoms with Gasteiger partial charge in [0.1, 0.15) is 5.41 Å². The number of benzene rings is 6. The van der Waals surface area contributed by atoms with Crippen molar-refractivity contribution in [1.29, 1.82) is 0 Å². The molecule has 0 aromatic heterocycles. The van der Waals surface area contributed by atoms with Gasteiger partial charge in [-0.2, -0.15) is 0 Å². The minimum absolute atomic E-state index is 0.0147. The van der Waals surface area contributed by atoms with Gasteiger partial charge in [-0.25, -0.2) is 18.0 Å². The number of ether oxygens (including phenoxy) is 9. The van der Waals surface area contributed by atoms with Crippen molar-refractivity contribution in [2.75, 3.05) is 205 Å². The Labute approximate surface area is 810 Å². The predicted octanol–water partition coefficient (Wildman–Crippen LogP) is 11.2. The van der Waals surface area contributed by atoms with Gasteiger partial charge in [-0.15, -0.1) is 10.1 Å². The molecule has 0 saturated carbocycles. The zero-order chi connectivity index (χ0) is 97.3. The quantitative estimate of drug-likeness (QED) is 0.0134. The number of hydroxylamine groups is 4. The van der Waals surface area contributed by atoms with Crippen molar-refractivity contribution in [2.24, 2.45) is 16.6 Å². The van der Waals surface area contributed by atoms with E-state index in [-0.39, 0.29) is 74.1 Å². The number of nitrogens with zero attached hydrogens (tertiary/aromatic N) is 5. The molecule has 5 heterocycles. The van der Waals surface area contributed by atoms with Crippen molar-refractivity contribution in [3.05, 3.63) is 201 Å². The van der Waals surface area contributed by atoms with Gasteiger partial charge in [-0.05, 0) is 165 Å². The zero-order valence-electron chi connectivity index (χ0n) is 77.4. The number of likely N-dealkylation sites (N-methyl/N-ethyl adjacent to an activating group) is 3. The lowest BCUT2D eigenvalue weighted by Crippen LogP contribution is -2.49. The van der Waals surface area contributed by atoms with Gasteiger partial charge in [0.2, 0.25) is 11.8 Å². The standard InChI is InChI=1S/C55H74Cl4N6O8.C25H34Cl2N2O5S.C13H14N2O8.CH3F/c1-55(2,53(66)62-13-17-70-21-25-72-23-19-68-15-11-60-33-39-7-5-9-41(27-39)47-35-64(3)37-49-45(47)29-43(56)31-51(49)58)54(67)63-14-18-71-22-26-73-24-20-69-16-12-61-34-40-8-6-10-42(28-40)48-36-65(4)38-50-46(48)30-44(57)32-52(50)59;1-29-17-23(22-15-20(26)16-25(27)24(22)18-29)19-4-2-5-21(14-19)35(30,31)13-3-7-32-9-11-34-12-10-33-8-6-28;1-13(2,11(20)22-14-7(16)3-4-8(14)17)12(21)23-15-9(18)5-6-10(15)19;1-2/h5-10,27-32,47-48,60-61H,11-26,33-38H2,1-4H3,(H,62,66)(H,63,67);2,4-5,14-16,23H,3,6-13,17-18,28H2,1H3;3-6H2,1-2H3;1H3/i;;;1D. The average Bonchev–Trinajstić information content (AvgIpc) is 1.32. The van der Waals surface area contributed by atoms with Gasteiger partial charge in [0.25, 0.3) is 23.6 Å². The number of sulfone groups is 1. The number of fused-ring (bicyclic) bond motifs is 3. The molecule has 2 fully saturated rings. The second-order valence-electron chi connectivity index (χ2n) is 33.2. The summed E-state index contributed by atoms with van der Waals surface area (Å²) in [7, 11) is 1.83. The minimum Gasteiger partial charge on any atom is -0.379 e. The highest BCUT2D eigenvalue weighted by Gasteiger charge is 2.47. The van der Waals surface area contributed by atoms with Crippen LogP contribution in [0, 0.1) is 10.8 Å². The Morgan fingerprint density at radius 3 is 1.09 bits per heavy atom. The van der Waals surface area contributed by atoms with Gasteiger partial charge < -0.3 is 94.0 Å². The number of carbonyl (C=O) groups excluding carboxylic acids is 8. The third-order valence-corrected chi connectivity index (χ3v) is 25.5. The first-order chi connectivity index (χ1) is 64.2. The van der Waals surface area contributed by atoms with Gasteiger partial charge in [-0.3, -0.25) is 33.2 Å². The summed E-state index contributed by atoms with van der Waals surface area (Å²) in [6, 6.07) is 36.0. The number of imide groups is 2. The second kappa shape index (κ2) is 57.0. The fourth-order valence-corrected chi connectivity index (χ4v) is 17.9. The van der Waals surface area contributed by atoms with E-state index in [9.17, 15) is 51.2 Å². The van der Waals surface area contributed by atoms with Crippen LogP contribution in [0.25, 0.3) is 0 Å². The highest BCUT2D eigenvalue weighted by atomic mass is 35.5. The van der Waals surface area contributed by atoms with Crippen LogP contribution in [0.1, 0.15) is 140 Å². The van der Waals surface area contributed by atoms with Gasteiger partial charge >= 0.3 is 11.9 Å². The molecule has 6 amide bonds. The zero-order valence-corrected chi connectivity index (χ0v) is 81.8. The highest BCUT2D eigenvalue weighted by Crippen LogP contribution is 2.43. The van der Waals surface area contributed by atoms with E-state index in [0.717, 1.165) is 104 Å². The van der Waals surface area contributed by atoms with E-state index in [1.165, 1.54) is 33.4 Å². The molecule has 6 aromatic rings. The Morgan fingerprint density at radius 2 is 0.744 bits per heavy atom. The van der Waals surface area contributed by atoms with Gasteiger partial charge in [-0.1, -0.05) is 130 Å². The van der Waals surface area contributed by atoms with Crippen molar-refractivity contribution >= 4 is 127 Å². The van der Waals surface area contributed by atoms with Crippen LogP contribution in [0.15, 0.2) is 114 Å². The lowest BCUT2D eigenvalue weighted by Gasteiger charge is -2.33. The van der Waals surface area contributed by atoms with Gasteiger partial charge in [0, 0.05) is 165 Å². The van der Waals surface area contributed by atoms with Gasteiger partial charge in [0.05, 0.1) is 131 Å². The molecule has 0 aliphatic carbocycles. The Morgan fingerprint density at radius 1 is 0.436 bits per heavy atom. The summed E-state index contributed by atoms with van der Waals surface area (Å²) in [6.45, 7) is 22.1. The van der Waals surface area contributed by atoms with E-state index >= 15 is 0 Å². The average molecular weight is 2000 g/mol. The van der Waals surface area contributed by atoms with Crippen molar-refractivity contribution in [3.8, 4) is 0 Å². The van der Waals surface area contributed by atoms with Crippen molar-refractivity contribution in [2.45, 2.75) is 115 Å². The SMILES string of the molecule is CC(C)(C(=O)ON1C(=O)CCC1=O)C(=O)ON1C(=O)CCC1=O.CN1Cc2c(Cl)cc(Cl)cc2C(c2cccc(CNCCOCCOCCOCCNC(=O)C(C)(C)C(=O)NCCOCCOCCOCCNCc3cccc(C4CN(C)Cc5c(Cl)cc(Cl)cc54)c3)c2)C1.CN1Cc2c(Cl)cc(Cl)cc2C(c2cccc(S(=O)(=O)CCCOCCOCCOCCN)c2)C1.[2H]CF. The maximum atomic E-state index is 13.0. The molecule has 39 heteroatoms. The summed E-state index contributed by atoms with van der Waals surface area (Å²) >= 11 is 38.7. The van der Waals surface area contributed by atoms with Crippen molar-refractivity contribution < 1.29 is 105 Å². The molecule has 0 radical (unpaired) electrons. The highest BCUT2D eigenvalue weighted by molar-refractivity contribution is 7.91. The first kappa shape index (κ1) is 109. The number of halogens is 7. The fourth-order valence-electron chi connectivity index (χ4n) is 14.9. The molecule has 11 rings (SSSR count). The Bertz CT molecular complexity index is 4720. The Balaban J connectivity index is 0.000000295. The summed E-state index contributed by atoms with van der Waals surface area (Å²) in [5.41, 5.74) is 14.8. The number of nitrogens with two attached hydrogens (primary N) is 1. The molecule has 2 saturated heterocycles. The fraction of sp³-hybridized carbons (Fsp3) is 0.532.